The number of rotatable bonds is 9. The number of benzene rings is 2. The van der Waals surface area contributed by atoms with Crippen LogP contribution in [-0.4, -0.2) is 91.7 Å². The molecule has 2 aromatic carbocycles. The van der Waals surface area contributed by atoms with Crippen LogP contribution < -0.4 is 5.32 Å². The number of amides is 3. The lowest BCUT2D eigenvalue weighted by atomic mass is 9.90. The van der Waals surface area contributed by atoms with Gasteiger partial charge in [0.25, 0.3) is 5.91 Å². The molecule has 4 aromatic rings. The molecule has 4 fully saturated rings. The van der Waals surface area contributed by atoms with Crippen molar-refractivity contribution >= 4 is 64.1 Å². The number of nitrogens with one attached hydrogen (secondary N) is 3. The average Bonchev–Trinajstić information content (AvgIpc) is 4.09. The maximum absolute atomic E-state index is 14.2. The monoisotopic (exact) mass is 943 g/mol. The maximum atomic E-state index is 14.2. The van der Waals surface area contributed by atoms with Crippen LogP contribution in [0.5, 0.6) is 0 Å². The lowest BCUT2D eigenvalue weighted by Crippen LogP contribution is -2.54. The van der Waals surface area contributed by atoms with Crippen molar-refractivity contribution in [1.29, 1.82) is 0 Å². The largest absolute Gasteiger partial charge is 0.417 e. The van der Waals surface area contributed by atoms with Gasteiger partial charge >= 0.3 is 6.09 Å². The highest BCUT2D eigenvalue weighted by atomic mass is 127. The Balaban J connectivity index is 0.970. The first-order valence-corrected chi connectivity index (χ1v) is 21.8. The molecule has 3 amide bonds. The van der Waals surface area contributed by atoms with E-state index >= 15 is 0 Å². The molecule has 16 heteroatoms. The van der Waals surface area contributed by atoms with Crippen molar-refractivity contribution in [3.8, 4) is 33.6 Å². The SMILES string of the molecule is CC1C[C@@H](c2nc(-c3ccc(-c4ccc(-c5nc([C@@H]6CCC(C)N6C(=O)[C@@H](NC(=O)OI)C6CCOCC6)[nH]c5Cl)cc4)cc3)c(Cl)[nH]2)N(C(=O)[C@H]2CCCO2)[C@@H]1C. The summed E-state index contributed by atoms with van der Waals surface area (Å²) in [5.41, 5.74) is 4.97. The summed E-state index contributed by atoms with van der Waals surface area (Å²) < 4.78 is 16.2. The predicted molar refractivity (Wildman–Crippen MR) is 228 cm³/mol. The van der Waals surface area contributed by atoms with Gasteiger partial charge in [0.2, 0.25) is 5.91 Å². The first kappa shape index (κ1) is 41.1. The molecule has 0 spiro atoms. The van der Waals surface area contributed by atoms with Crippen LogP contribution in [-0.2, 0) is 22.1 Å². The Morgan fingerprint density at radius 3 is 1.91 bits per heavy atom. The van der Waals surface area contributed by atoms with Crippen LogP contribution in [0.4, 0.5) is 4.79 Å². The molecule has 8 rings (SSSR count). The molecule has 13 nitrogen and oxygen atoms in total. The van der Waals surface area contributed by atoms with Crippen molar-refractivity contribution in [3.05, 3.63) is 70.5 Å². The van der Waals surface area contributed by atoms with Gasteiger partial charge in [-0.1, -0.05) is 78.7 Å². The molecule has 308 valence electrons. The highest BCUT2D eigenvalue weighted by Crippen LogP contribution is 2.43. The van der Waals surface area contributed by atoms with Gasteiger partial charge in [0.1, 0.15) is 45.5 Å². The molecule has 0 bridgehead atoms. The zero-order valence-electron chi connectivity index (χ0n) is 32.7. The highest BCUT2D eigenvalue weighted by Gasteiger charge is 2.45. The first-order valence-electron chi connectivity index (χ1n) is 20.2. The number of likely N-dealkylation sites (tertiary alicyclic amines) is 2. The summed E-state index contributed by atoms with van der Waals surface area (Å²) in [6, 6.07) is 14.9. The van der Waals surface area contributed by atoms with E-state index in [-0.39, 0.29) is 48.0 Å². The van der Waals surface area contributed by atoms with Crippen molar-refractivity contribution in [3.63, 3.8) is 0 Å². The number of imidazole rings is 2. The molecule has 2 aromatic heterocycles. The molecule has 58 heavy (non-hydrogen) atoms. The van der Waals surface area contributed by atoms with E-state index in [0.717, 1.165) is 47.9 Å². The first-order chi connectivity index (χ1) is 28.0. The van der Waals surface area contributed by atoms with Crippen LogP contribution in [0.25, 0.3) is 33.6 Å². The van der Waals surface area contributed by atoms with E-state index in [0.29, 0.717) is 78.3 Å². The summed E-state index contributed by atoms with van der Waals surface area (Å²) in [4.78, 5) is 60.3. The minimum absolute atomic E-state index is 0.0336. The summed E-state index contributed by atoms with van der Waals surface area (Å²) in [5, 5.41) is 3.64. The number of hydrogen-bond acceptors (Lipinski definition) is 8. The molecular weight excluding hydrogens is 896 g/mol. The van der Waals surface area contributed by atoms with Crippen LogP contribution in [0.15, 0.2) is 48.5 Å². The normalized spacial score (nSPS) is 25.6. The quantitative estimate of drug-likeness (QED) is 0.141. The number of nitrogens with zero attached hydrogens (tertiary/aromatic N) is 4. The summed E-state index contributed by atoms with van der Waals surface area (Å²) in [5.74, 6) is 1.43. The number of halogens is 3. The fraction of sp³-hybridized carbons (Fsp3) is 0.500. The minimum Gasteiger partial charge on any atom is -0.381 e. The average molecular weight is 945 g/mol. The van der Waals surface area contributed by atoms with Gasteiger partial charge in [-0.15, -0.1) is 0 Å². The van der Waals surface area contributed by atoms with E-state index in [4.69, 9.17) is 45.7 Å². The van der Waals surface area contributed by atoms with Gasteiger partial charge < -0.3 is 37.6 Å². The van der Waals surface area contributed by atoms with E-state index in [1.165, 1.54) is 23.0 Å². The van der Waals surface area contributed by atoms with Crippen molar-refractivity contribution in [2.45, 2.75) is 102 Å². The van der Waals surface area contributed by atoms with Gasteiger partial charge in [0.15, 0.2) is 23.0 Å². The number of carbonyl (C=O) groups is 3. The summed E-state index contributed by atoms with van der Waals surface area (Å²) in [6.07, 6.45) is 4.25. The molecule has 0 saturated carbocycles. The van der Waals surface area contributed by atoms with E-state index < -0.39 is 12.1 Å². The zero-order chi connectivity index (χ0) is 40.7. The van der Waals surface area contributed by atoms with E-state index in [2.05, 4.69) is 29.1 Å². The fourth-order valence-electron chi connectivity index (χ4n) is 9.20. The Morgan fingerprint density at radius 2 is 1.36 bits per heavy atom. The predicted octanol–water partition coefficient (Wildman–Crippen LogP) is 8.84. The Bertz CT molecular complexity index is 2120. The third kappa shape index (κ3) is 8.11. The standard InChI is InChI=1S/C42H48Cl2IN7O6/c1-22-21-31(52(24(22)3)40(53)32-5-4-18-57-32)39-47-34(37(44)50-39)28-13-9-26(10-14-28)25-7-11-27(12-8-25)33-36(43)49-38(46-33)30-15-6-23(2)51(30)41(54)35(48-42(55)58-45)29-16-19-56-20-17-29/h7-14,22-24,29-32,35H,4-6,15-21H2,1-3H3,(H,46,49)(H,47,50)(H,48,55)/t22?,23?,24-,30+,31+,32-,35+/m1/s1. The number of hydrogen-bond donors (Lipinski definition) is 3. The van der Waals surface area contributed by atoms with Crippen LogP contribution >= 0.6 is 46.2 Å². The van der Waals surface area contributed by atoms with E-state index in [1.54, 1.807) is 0 Å². The Morgan fingerprint density at radius 1 is 0.793 bits per heavy atom. The van der Waals surface area contributed by atoms with Gasteiger partial charge in [0, 0.05) is 43.0 Å². The van der Waals surface area contributed by atoms with E-state index in [1.807, 2.05) is 65.3 Å². The van der Waals surface area contributed by atoms with Crippen LogP contribution in [0.1, 0.15) is 89.4 Å². The summed E-state index contributed by atoms with van der Waals surface area (Å²) in [6.45, 7) is 7.99. The molecule has 7 atom stereocenters. The number of ether oxygens (including phenoxy) is 2. The zero-order valence-corrected chi connectivity index (χ0v) is 36.4. The molecule has 3 N–H and O–H groups in total. The summed E-state index contributed by atoms with van der Waals surface area (Å²) >= 11 is 15.1. The van der Waals surface area contributed by atoms with Gasteiger partial charge in [-0.3, -0.25) is 9.59 Å². The molecule has 4 saturated heterocycles. The molecule has 4 aliphatic heterocycles. The van der Waals surface area contributed by atoms with Crippen LogP contribution in [0.3, 0.4) is 0 Å². The molecule has 6 heterocycles. The highest BCUT2D eigenvalue weighted by molar-refractivity contribution is 14.1. The van der Waals surface area contributed by atoms with Crippen LogP contribution in [0.2, 0.25) is 10.3 Å². The second-order valence-corrected chi connectivity index (χ2v) is 17.3. The van der Waals surface area contributed by atoms with Crippen molar-refractivity contribution in [2.24, 2.45) is 11.8 Å². The van der Waals surface area contributed by atoms with Gasteiger partial charge in [-0.05, 0) is 81.8 Å². The second kappa shape index (κ2) is 17.5. The second-order valence-electron chi connectivity index (χ2n) is 16.1. The number of carbonyl (C=O) groups excluding carboxylic acids is 3. The molecule has 0 aliphatic carbocycles. The van der Waals surface area contributed by atoms with Crippen molar-refractivity contribution in [2.75, 3.05) is 19.8 Å². The Labute approximate surface area is 362 Å². The van der Waals surface area contributed by atoms with E-state index in [9.17, 15) is 14.4 Å². The van der Waals surface area contributed by atoms with Crippen molar-refractivity contribution in [1.82, 2.24) is 35.1 Å². The lowest BCUT2D eigenvalue weighted by Gasteiger charge is -2.35. The summed E-state index contributed by atoms with van der Waals surface area (Å²) in [7, 11) is 0. The molecule has 2 unspecified atom stereocenters. The molecular formula is C42H48Cl2IN7O6. The number of aromatic amines is 2. The maximum Gasteiger partial charge on any atom is 0.417 e. The molecule has 4 aliphatic rings. The third-order valence-corrected chi connectivity index (χ3v) is 13.5. The smallest absolute Gasteiger partial charge is 0.381 e. The van der Waals surface area contributed by atoms with Gasteiger partial charge in [-0.2, -0.15) is 0 Å². The van der Waals surface area contributed by atoms with Crippen molar-refractivity contribution < 1.29 is 26.9 Å². The third-order valence-electron chi connectivity index (χ3n) is 12.6. The number of H-pyrrole nitrogens is 2. The number of aromatic nitrogens is 4. The Hall–Kier alpha value is -3.70. The molecule has 0 radical (unpaired) electrons. The van der Waals surface area contributed by atoms with Gasteiger partial charge in [-0.25, -0.2) is 14.8 Å². The Kier molecular flexibility index (Phi) is 12.4. The van der Waals surface area contributed by atoms with Gasteiger partial charge in [0.05, 0.1) is 12.1 Å². The fourth-order valence-corrected chi connectivity index (χ4v) is 9.82. The lowest BCUT2D eigenvalue weighted by molar-refractivity contribution is -0.144. The van der Waals surface area contributed by atoms with Crippen LogP contribution in [0, 0.1) is 11.8 Å². The minimum atomic E-state index is -0.737. The topological polar surface area (TPSA) is 155 Å².